The van der Waals surface area contributed by atoms with Crippen LogP contribution in [0.3, 0.4) is 0 Å². The van der Waals surface area contributed by atoms with E-state index in [0.717, 1.165) is 6.54 Å². The Morgan fingerprint density at radius 2 is 1.28 bits per heavy atom. The molecule has 18 heavy (non-hydrogen) atoms. The standard InChI is InChI=1S/C17H22N/c1-12-13(2)15(4)17(14(12)3)11-18(5)16-9-7-6-8-10-16/h6-10H,11H2,1-5H3. The summed E-state index contributed by atoms with van der Waals surface area (Å²) in [5, 5.41) is 0. The smallest absolute Gasteiger partial charge is 0.0363 e. The van der Waals surface area contributed by atoms with Crippen LogP contribution < -0.4 is 4.90 Å². The van der Waals surface area contributed by atoms with Crippen LogP contribution >= 0.6 is 0 Å². The summed E-state index contributed by atoms with van der Waals surface area (Å²) < 4.78 is 0. The van der Waals surface area contributed by atoms with Crippen molar-refractivity contribution in [3.8, 4) is 0 Å². The third kappa shape index (κ3) is 2.41. The Labute approximate surface area is 112 Å². The first kappa shape index (κ1) is 13.5. The molecular weight excluding hydrogens is 218 g/mol. The summed E-state index contributed by atoms with van der Waals surface area (Å²) >= 11 is 0. The van der Waals surface area contributed by atoms with Crippen molar-refractivity contribution < 1.29 is 0 Å². The van der Waals surface area contributed by atoms with Crippen LogP contribution in [0, 0.1) is 29.6 Å². The molecule has 1 aliphatic carbocycles. The van der Waals surface area contributed by atoms with Crippen LogP contribution in [-0.4, -0.2) is 13.6 Å². The van der Waals surface area contributed by atoms with E-state index in [2.05, 4.69) is 70.0 Å². The van der Waals surface area contributed by atoms with Crippen LogP contribution in [0.1, 0.15) is 27.7 Å². The summed E-state index contributed by atoms with van der Waals surface area (Å²) in [6.07, 6.45) is 0. The van der Waals surface area contributed by atoms with Crippen LogP contribution in [0.2, 0.25) is 0 Å². The van der Waals surface area contributed by atoms with Crippen molar-refractivity contribution in [1.29, 1.82) is 0 Å². The molecule has 1 heteroatoms. The van der Waals surface area contributed by atoms with Crippen molar-refractivity contribution in [2.24, 2.45) is 0 Å². The molecule has 1 nitrogen and oxygen atoms in total. The van der Waals surface area contributed by atoms with Crippen molar-refractivity contribution in [2.45, 2.75) is 27.7 Å². The van der Waals surface area contributed by atoms with Gasteiger partial charge in [-0.05, 0) is 35.8 Å². The van der Waals surface area contributed by atoms with Crippen LogP contribution in [0.15, 0.2) is 30.3 Å². The van der Waals surface area contributed by atoms with Crippen LogP contribution in [0.5, 0.6) is 0 Å². The first-order valence-corrected chi connectivity index (χ1v) is 6.50. The molecule has 95 valence electrons. The molecule has 0 N–H and O–H groups in total. The molecule has 1 fully saturated rings. The van der Waals surface area contributed by atoms with Gasteiger partial charge in [-0.25, -0.2) is 0 Å². The summed E-state index contributed by atoms with van der Waals surface area (Å²) in [6, 6.07) is 10.6. The third-order valence-electron chi connectivity index (χ3n) is 4.19. The minimum absolute atomic E-state index is 0.982. The van der Waals surface area contributed by atoms with Crippen molar-refractivity contribution in [3.05, 3.63) is 59.9 Å². The molecule has 2 rings (SSSR count). The average Bonchev–Trinajstić information content (AvgIpc) is 2.57. The van der Waals surface area contributed by atoms with Gasteiger partial charge in [0.2, 0.25) is 0 Å². The van der Waals surface area contributed by atoms with E-state index in [9.17, 15) is 0 Å². The number of nitrogens with zero attached hydrogens (tertiary/aromatic N) is 1. The summed E-state index contributed by atoms with van der Waals surface area (Å²) in [6.45, 7) is 9.91. The van der Waals surface area contributed by atoms with Gasteiger partial charge in [-0.2, -0.15) is 0 Å². The SMILES string of the molecule is C[C]1[C](C)[C](C)[C](CN(C)c2ccccc2)[C]1C. The topological polar surface area (TPSA) is 3.24 Å². The van der Waals surface area contributed by atoms with E-state index in [1.54, 1.807) is 0 Å². The predicted octanol–water partition coefficient (Wildman–Crippen LogP) is 4.09. The number of anilines is 1. The molecule has 1 aromatic rings. The lowest BCUT2D eigenvalue weighted by molar-refractivity contribution is 0.841. The van der Waals surface area contributed by atoms with Crippen molar-refractivity contribution in [1.82, 2.24) is 0 Å². The van der Waals surface area contributed by atoms with Crippen LogP contribution in [0.25, 0.3) is 0 Å². The van der Waals surface area contributed by atoms with E-state index in [4.69, 9.17) is 0 Å². The molecule has 1 aliphatic rings. The van der Waals surface area contributed by atoms with E-state index < -0.39 is 0 Å². The van der Waals surface area contributed by atoms with Crippen molar-refractivity contribution in [2.75, 3.05) is 18.5 Å². The largest absolute Gasteiger partial charge is 0.374 e. The number of hydrogen-bond acceptors (Lipinski definition) is 1. The van der Waals surface area contributed by atoms with E-state index in [0.29, 0.717) is 0 Å². The fourth-order valence-corrected chi connectivity index (χ4v) is 2.54. The number of rotatable bonds is 3. The minimum Gasteiger partial charge on any atom is -0.374 e. The van der Waals surface area contributed by atoms with Crippen molar-refractivity contribution in [3.63, 3.8) is 0 Å². The highest BCUT2D eigenvalue weighted by Crippen LogP contribution is 2.52. The normalized spacial score (nSPS) is 20.7. The van der Waals surface area contributed by atoms with Gasteiger partial charge in [-0.3, -0.25) is 0 Å². The highest BCUT2D eigenvalue weighted by atomic mass is 15.1. The molecule has 0 saturated heterocycles. The number of benzene rings is 1. The molecule has 0 amide bonds. The summed E-state index contributed by atoms with van der Waals surface area (Å²) in [5.41, 5.74) is 1.27. The summed E-state index contributed by atoms with van der Waals surface area (Å²) in [7, 11) is 2.16. The van der Waals surface area contributed by atoms with Crippen LogP contribution in [-0.2, 0) is 0 Å². The maximum absolute atomic E-state index is 2.31. The lowest BCUT2D eigenvalue weighted by Gasteiger charge is -2.27. The minimum atomic E-state index is 0.982. The molecule has 5 radical (unpaired) electrons. The van der Waals surface area contributed by atoms with Gasteiger partial charge in [-0.1, -0.05) is 45.9 Å². The van der Waals surface area contributed by atoms with Gasteiger partial charge in [0, 0.05) is 25.2 Å². The number of para-hydroxylation sites is 1. The average molecular weight is 240 g/mol. The van der Waals surface area contributed by atoms with E-state index in [1.165, 1.54) is 35.3 Å². The monoisotopic (exact) mass is 240 g/mol. The Kier molecular flexibility index (Phi) is 3.99. The summed E-state index contributed by atoms with van der Waals surface area (Å²) in [4.78, 5) is 2.31. The van der Waals surface area contributed by atoms with Gasteiger partial charge in [0.1, 0.15) is 0 Å². The van der Waals surface area contributed by atoms with E-state index in [1.807, 2.05) is 0 Å². The Morgan fingerprint density at radius 3 is 1.78 bits per heavy atom. The fourth-order valence-electron chi connectivity index (χ4n) is 2.54. The molecule has 1 aromatic carbocycles. The van der Waals surface area contributed by atoms with Gasteiger partial charge in [0.25, 0.3) is 0 Å². The molecular formula is C17H22N. The molecule has 0 heterocycles. The quantitative estimate of drug-likeness (QED) is 0.769. The highest BCUT2D eigenvalue weighted by Gasteiger charge is 2.43. The van der Waals surface area contributed by atoms with Gasteiger partial charge in [0.15, 0.2) is 0 Å². The maximum Gasteiger partial charge on any atom is 0.0363 e. The summed E-state index contributed by atoms with van der Waals surface area (Å²) in [5.74, 6) is 7.28. The first-order valence-electron chi connectivity index (χ1n) is 6.50. The van der Waals surface area contributed by atoms with E-state index >= 15 is 0 Å². The molecule has 0 aromatic heterocycles. The second kappa shape index (κ2) is 5.34. The zero-order valence-corrected chi connectivity index (χ0v) is 12.0. The zero-order valence-electron chi connectivity index (χ0n) is 12.0. The Morgan fingerprint density at radius 1 is 0.778 bits per heavy atom. The Hall–Kier alpha value is -0.980. The maximum atomic E-state index is 2.31. The molecule has 0 bridgehead atoms. The molecule has 0 atom stereocenters. The van der Waals surface area contributed by atoms with Crippen molar-refractivity contribution >= 4 is 5.69 Å². The Balaban J connectivity index is 2.06. The first-order chi connectivity index (χ1) is 8.52. The van der Waals surface area contributed by atoms with Gasteiger partial charge < -0.3 is 4.90 Å². The molecule has 0 unspecified atom stereocenters. The second-order valence-electron chi connectivity index (χ2n) is 5.17. The highest BCUT2D eigenvalue weighted by molar-refractivity contribution is 5.61. The van der Waals surface area contributed by atoms with Gasteiger partial charge in [-0.15, -0.1) is 0 Å². The van der Waals surface area contributed by atoms with Gasteiger partial charge in [0.05, 0.1) is 0 Å². The zero-order chi connectivity index (χ0) is 13.3. The molecule has 0 spiro atoms. The molecule has 0 aliphatic heterocycles. The fraction of sp³-hybridized carbons (Fsp3) is 0.353. The molecule has 1 saturated carbocycles. The Bertz CT molecular complexity index is 358. The van der Waals surface area contributed by atoms with Gasteiger partial charge >= 0.3 is 0 Å². The lowest BCUT2D eigenvalue weighted by atomic mass is 9.89. The third-order valence-corrected chi connectivity index (χ3v) is 4.19. The predicted molar refractivity (Wildman–Crippen MR) is 78.6 cm³/mol. The van der Waals surface area contributed by atoms with Crippen LogP contribution in [0.4, 0.5) is 5.69 Å². The van der Waals surface area contributed by atoms with E-state index in [-0.39, 0.29) is 0 Å². The number of hydrogen-bond donors (Lipinski definition) is 0. The second-order valence-corrected chi connectivity index (χ2v) is 5.17. The lowest BCUT2D eigenvalue weighted by Crippen LogP contribution is -2.27.